The van der Waals surface area contributed by atoms with E-state index in [0.29, 0.717) is 28.4 Å². The second-order valence-corrected chi connectivity index (χ2v) is 7.48. The monoisotopic (exact) mass is 324 g/mol. The van der Waals surface area contributed by atoms with E-state index in [2.05, 4.69) is 37.7 Å². The van der Waals surface area contributed by atoms with Gasteiger partial charge in [-0.15, -0.1) is 11.8 Å². The maximum absolute atomic E-state index is 12.3. The average Bonchev–Trinajstić information content (AvgIpc) is 2.79. The standard InChI is InChI=1S/C15H24N4O2S/c1-6-10(4)22-13-11-12(18(5)14(20)17-13)16-15(21)19(11)8-7-9(2)3/h9-10H,6-8H2,1-5H3,(H,16,21). The summed E-state index contributed by atoms with van der Waals surface area (Å²) in [6, 6.07) is 0. The van der Waals surface area contributed by atoms with Gasteiger partial charge in [-0.1, -0.05) is 27.7 Å². The van der Waals surface area contributed by atoms with Crippen LogP contribution in [0.25, 0.3) is 11.2 Å². The van der Waals surface area contributed by atoms with E-state index in [-0.39, 0.29) is 11.4 Å². The van der Waals surface area contributed by atoms with Crippen molar-refractivity contribution >= 4 is 22.9 Å². The SMILES string of the molecule is CCC(C)Sc1nc(=O)n(C)c2[nH]c(=O)n(CCC(C)C)c12. The summed E-state index contributed by atoms with van der Waals surface area (Å²) in [5.41, 5.74) is 0.790. The molecule has 0 spiro atoms. The van der Waals surface area contributed by atoms with Gasteiger partial charge in [0.15, 0.2) is 0 Å². The number of rotatable bonds is 6. The number of aromatic amines is 1. The van der Waals surface area contributed by atoms with Crippen molar-refractivity contribution in [2.45, 2.75) is 57.4 Å². The molecule has 0 aliphatic carbocycles. The van der Waals surface area contributed by atoms with Gasteiger partial charge in [-0.05, 0) is 18.8 Å². The summed E-state index contributed by atoms with van der Waals surface area (Å²) in [5, 5.41) is 0.987. The van der Waals surface area contributed by atoms with Crippen molar-refractivity contribution in [3.63, 3.8) is 0 Å². The van der Waals surface area contributed by atoms with Gasteiger partial charge >= 0.3 is 11.4 Å². The van der Waals surface area contributed by atoms with Crippen LogP contribution >= 0.6 is 11.8 Å². The van der Waals surface area contributed by atoms with Gasteiger partial charge in [-0.2, -0.15) is 4.98 Å². The minimum atomic E-state index is -0.337. The van der Waals surface area contributed by atoms with Crippen LogP contribution in [0.15, 0.2) is 14.6 Å². The molecule has 0 radical (unpaired) electrons. The van der Waals surface area contributed by atoms with Crippen LogP contribution in [0.3, 0.4) is 0 Å². The van der Waals surface area contributed by atoms with Crippen LogP contribution in [0.1, 0.15) is 40.5 Å². The lowest BCUT2D eigenvalue weighted by atomic mass is 10.1. The minimum absolute atomic E-state index is 0.176. The summed E-state index contributed by atoms with van der Waals surface area (Å²) in [7, 11) is 1.64. The summed E-state index contributed by atoms with van der Waals surface area (Å²) in [4.78, 5) is 31.3. The molecular formula is C15H24N4O2S. The van der Waals surface area contributed by atoms with Crippen molar-refractivity contribution in [3.8, 4) is 0 Å². The number of aryl methyl sites for hydroxylation is 2. The van der Waals surface area contributed by atoms with E-state index in [0.717, 1.165) is 18.4 Å². The highest BCUT2D eigenvalue weighted by Gasteiger charge is 2.18. The largest absolute Gasteiger partial charge is 0.350 e. The zero-order valence-corrected chi connectivity index (χ0v) is 14.7. The first-order valence-corrected chi connectivity index (χ1v) is 8.59. The molecule has 0 fully saturated rings. The lowest BCUT2D eigenvalue weighted by Gasteiger charge is -2.12. The van der Waals surface area contributed by atoms with Crippen molar-refractivity contribution in [2.24, 2.45) is 13.0 Å². The van der Waals surface area contributed by atoms with Crippen LogP contribution in [0.4, 0.5) is 0 Å². The Morgan fingerprint density at radius 3 is 2.55 bits per heavy atom. The van der Waals surface area contributed by atoms with Gasteiger partial charge in [0, 0.05) is 18.8 Å². The molecule has 1 N–H and O–H groups in total. The van der Waals surface area contributed by atoms with E-state index in [1.807, 2.05) is 0 Å². The second-order valence-electron chi connectivity index (χ2n) is 6.06. The van der Waals surface area contributed by atoms with Crippen molar-refractivity contribution < 1.29 is 0 Å². The highest BCUT2D eigenvalue weighted by Crippen LogP contribution is 2.28. The molecule has 1 atom stereocenters. The maximum atomic E-state index is 12.3. The van der Waals surface area contributed by atoms with Gasteiger partial charge in [0.25, 0.3) is 0 Å². The molecule has 2 heterocycles. The van der Waals surface area contributed by atoms with Crippen LogP contribution in [0.2, 0.25) is 0 Å². The molecule has 6 nitrogen and oxygen atoms in total. The summed E-state index contributed by atoms with van der Waals surface area (Å²) in [6.45, 7) is 9.08. The predicted octanol–water partition coefficient (Wildman–Crippen LogP) is 2.36. The molecule has 7 heteroatoms. The van der Waals surface area contributed by atoms with Crippen LogP contribution < -0.4 is 11.4 Å². The van der Waals surface area contributed by atoms with Gasteiger partial charge in [-0.3, -0.25) is 14.1 Å². The molecule has 22 heavy (non-hydrogen) atoms. The minimum Gasteiger partial charge on any atom is -0.291 e. The third-order valence-electron chi connectivity index (χ3n) is 3.80. The Morgan fingerprint density at radius 1 is 1.27 bits per heavy atom. The van der Waals surface area contributed by atoms with Crippen molar-refractivity contribution in [2.75, 3.05) is 0 Å². The number of fused-ring (bicyclic) bond motifs is 1. The summed E-state index contributed by atoms with van der Waals surface area (Å²) >= 11 is 1.55. The van der Waals surface area contributed by atoms with E-state index in [1.165, 1.54) is 4.57 Å². The fourth-order valence-electron chi connectivity index (χ4n) is 2.18. The third-order valence-corrected chi connectivity index (χ3v) is 5.05. The van der Waals surface area contributed by atoms with Crippen molar-refractivity contribution in [3.05, 3.63) is 21.0 Å². The first kappa shape index (κ1) is 16.9. The first-order valence-electron chi connectivity index (χ1n) is 7.71. The number of thioether (sulfide) groups is 1. The summed E-state index contributed by atoms with van der Waals surface area (Å²) < 4.78 is 3.12. The highest BCUT2D eigenvalue weighted by atomic mass is 32.2. The normalized spacial score (nSPS) is 13.2. The lowest BCUT2D eigenvalue weighted by molar-refractivity contribution is 0.514. The quantitative estimate of drug-likeness (QED) is 0.654. The molecule has 0 amide bonds. The zero-order valence-electron chi connectivity index (χ0n) is 13.8. The van der Waals surface area contributed by atoms with Crippen molar-refractivity contribution in [1.82, 2.24) is 19.1 Å². The van der Waals surface area contributed by atoms with E-state index < -0.39 is 0 Å². The fourth-order valence-corrected chi connectivity index (χ4v) is 3.18. The molecule has 2 aromatic heterocycles. The number of aromatic nitrogens is 4. The summed E-state index contributed by atoms with van der Waals surface area (Å²) in [5.74, 6) is 0.503. The van der Waals surface area contributed by atoms with Crippen LogP contribution in [-0.2, 0) is 13.6 Å². The topological polar surface area (TPSA) is 72.7 Å². The highest BCUT2D eigenvalue weighted by molar-refractivity contribution is 8.00. The first-order chi connectivity index (χ1) is 10.3. The number of nitrogens with one attached hydrogen (secondary N) is 1. The van der Waals surface area contributed by atoms with Gasteiger partial charge in [0.1, 0.15) is 16.2 Å². The fraction of sp³-hybridized carbons (Fsp3) is 0.667. The Balaban J connectivity index is 2.64. The Hall–Kier alpha value is -1.50. The van der Waals surface area contributed by atoms with Crippen LogP contribution in [0, 0.1) is 5.92 Å². The maximum Gasteiger partial charge on any atom is 0.350 e. The zero-order chi connectivity index (χ0) is 16.4. The molecule has 0 aliphatic rings. The number of hydrogen-bond donors (Lipinski definition) is 1. The average molecular weight is 324 g/mol. The molecule has 0 aliphatic heterocycles. The Labute approximate surface area is 133 Å². The molecule has 0 bridgehead atoms. The van der Waals surface area contributed by atoms with E-state index >= 15 is 0 Å². The molecule has 122 valence electrons. The lowest BCUT2D eigenvalue weighted by Crippen LogP contribution is -2.22. The van der Waals surface area contributed by atoms with Gasteiger partial charge in [0.2, 0.25) is 0 Å². The number of H-pyrrole nitrogens is 1. The molecule has 0 aromatic carbocycles. The number of imidazole rings is 1. The number of hydrogen-bond acceptors (Lipinski definition) is 4. The van der Waals surface area contributed by atoms with E-state index in [4.69, 9.17) is 0 Å². The van der Waals surface area contributed by atoms with Crippen LogP contribution in [0.5, 0.6) is 0 Å². The van der Waals surface area contributed by atoms with Crippen LogP contribution in [-0.4, -0.2) is 24.4 Å². The molecular weight excluding hydrogens is 300 g/mol. The predicted molar refractivity (Wildman–Crippen MR) is 90.7 cm³/mol. The smallest absolute Gasteiger partial charge is 0.291 e. The summed E-state index contributed by atoms with van der Waals surface area (Å²) in [6.07, 6.45) is 1.88. The third kappa shape index (κ3) is 3.29. The molecule has 1 unspecified atom stereocenters. The van der Waals surface area contributed by atoms with Gasteiger partial charge in [-0.25, -0.2) is 9.59 Å². The Kier molecular flexibility index (Phi) is 5.16. The molecule has 0 saturated heterocycles. The van der Waals surface area contributed by atoms with Gasteiger partial charge in [0.05, 0.1) is 0 Å². The number of nitrogens with zero attached hydrogens (tertiary/aromatic N) is 3. The van der Waals surface area contributed by atoms with Crippen molar-refractivity contribution in [1.29, 1.82) is 0 Å². The molecule has 2 rings (SSSR count). The van der Waals surface area contributed by atoms with Gasteiger partial charge < -0.3 is 0 Å². The van der Waals surface area contributed by atoms with E-state index in [1.54, 1.807) is 23.4 Å². The Morgan fingerprint density at radius 2 is 1.95 bits per heavy atom. The molecule has 2 aromatic rings. The Bertz CT molecular complexity index is 772. The molecule has 0 saturated carbocycles. The van der Waals surface area contributed by atoms with E-state index in [9.17, 15) is 9.59 Å². The second kappa shape index (κ2) is 6.73.